The van der Waals surface area contributed by atoms with E-state index in [9.17, 15) is 0 Å². The molecule has 0 bridgehead atoms. The van der Waals surface area contributed by atoms with Crippen LogP contribution in [-0.4, -0.2) is 26.4 Å². The van der Waals surface area contributed by atoms with Crippen LogP contribution in [0, 0.1) is 0 Å². The Morgan fingerprint density at radius 1 is 0.395 bits per heavy atom. The fourth-order valence-corrected chi connectivity index (χ4v) is 4.72. The molecule has 38 heavy (non-hydrogen) atoms. The van der Waals surface area contributed by atoms with Gasteiger partial charge in [-0.05, 0) is 39.9 Å². The van der Waals surface area contributed by atoms with E-state index in [1.54, 1.807) is 0 Å². The Morgan fingerprint density at radius 2 is 0.816 bits per heavy atom. The minimum Gasteiger partial charge on any atom is -0.491 e. The number of ether oxygens (including phenoxy) is 3. The Hall–Kier alpha value is -4.18. The molecule has 0 heterocycles. The van der Waals surface area contributed by atoms with Crippen molar-refractivity contribution < 1.29 is 14.2 Å². The summed E-state index contributed by atoms with van der Waals surface area (Å²) in [5.74, 6) is 0.834. The van der Waals surface area contributed by atoms with E-state index < -0.39 is 5.60 Å². The zero-order valence-corrected chi connectivity index (χ0v) is 21.4. The monoisotopic (exact) mass is 500 g/mol. The van der Waals surface area contributed by atoms with Gasteiger partial charge < -0.3 is 14.2 Å². The minimum atomic E-state index is -0.732. The summed E-state index contributed by atoms with van der Waals surface area (Å²) < 4.78 is 18.5. The Kier molecular flexibility index (Phi) is 8.62. The van der Waals surface area contributed by atoms with E-state index in [-0.39, 0.29) is 0 Å². The molecule has 0 aromatic heterocycles. The maximum Gasteiger partial charge on any atom is 0.143 e. The lowest BCUT2D eigenvalue weighted by atomic mass is 9.80. The van der Waals surface area contributed by atoms with Crippen LogP contribution in [0.25, 0.3) is 11.1 Å². The summed E-state index contributed by atoms with van der Waals surface area (Å²) in [6.45, 7) is 1.86. The highest BCUT2D eigenvalue weighted by atomic mass is 16.6. The zero-order valence-electron chi connectivity index (χ0n) is 21.4. The first-order valence-corrected chi connectivity index (χ1v) is 13.0. The molecule has 5 rings (SSSR count). The molecule has 0 aliphatic carbocycles. The number of hydrogen-bond donors (Lipinski definition) is 0. The fraction of sp³-hybridized carbons (Fsp3) is 0.143. The van der Waals surface area contributed by atoms with E-state index in [0.29, 0.717) is 26.4 Å². The summed E-state index contributed by atoms with van der Waals surface area (Å²) >= 11 is 0. The number of hydrogen-bond acceptors (Lipinski definition) is 3. The zero-order chi connectivity index (χ0) is 25.9. The average Bonchev–Trinajstić information content (AvgIpc) is 3.01. The second-order valence-electron chi connectivity index (χ2n) is 8.98. The third-order valence-electron chi connectivity index (χ3n) is 6.55. The highest BCUT2D eigenvalue weighted by Gasteiger charge is 2.37. The van der Waals surface area contributed by atoms with Crippen molar-refractivity contribution >= 4 is 0 Å². The Morgan fingerprint density at radius 3 is 1.32 bits per heavy atom. The summed E-state index contributed by atoms with van der Waals surface area (Å²) in [6, 6.07) is 49.6. The van der Waals surface area contributed by atoms with E-state index in [2.05, 4.69) is 97.1 Å². The van der Waals surface area contributed by atoms with Crippen LogP contribution in [0.3, 0.4) is 0 Å². The third-order valence-corrected chi connectivity index (χ3v) is 6.55. The van der Waals surface area contributed by atoms with Gasteiger partial charge >= 0.3 is 0 Å². The number of benzene rings is 5. The van der Waals surface area contributed by atoms with Crippen molar-refractivity contribution in [2.24, 2.45) is 0 Å². The molecule has 0 aliphatic heterocycles. The molecule has 0 atom stereocenters. The first-order chi connectivity index (χ1) is 18.9. The highest BCUT2D eigenvalue weighted by molar-refractivity contribution is 5.63. The van der Waals surface area contributed by atoms with E-state index in [4.69, 9.17) is 14.2 Å². The smallest absolute Gasteiger partial charge is 0.143 e. The van der Waals surface area contributed by atoms with Crippen LogP contribution in [-0.2, 0) is 15.1 Å². The Labute approximate surface area is 225 Å². The van der Waals surface area contributed by atoms with Crippen LogP contribution >= 0.6 is 0 Å². The summed E-state index contributed by atoms with van der Waals surface area (Å²) in [6.07, 6.45) is 0. The van der Waals surface area contributed by atoms with Gasteiger partial charge in [0.2, 0.25) is 0 Å². The lowest BCUT2D eigenvalue weighted by Gasteiger charge is -2.36. The predicted molar refractivity (Wildman–Crippen MR) is 153 cm³/mol. The summed E-state index contributed by atoms with van der Waals surface area (Å²) in [5.41, 5.74) is 4.88. The van der Waals surface area contributed by atoms with Crippen LogP contribution in [0.5, 0.6) is 5.75 Å². The largest absolute Gasteiger partial charge is 0.491 e. The van der Waals surface area contributed by atoms with Crippen molar-refractivity contribution in [3.63, 3.8) is 0 Å². The topological polar surface area (TPSA) is 27.7 Å². The van der Waals surface area contributed by atoms with Crippen molar-refractivity contribution in [2.45, 2.75) is 5.60 Å². The Balaban J connectivity index is 1.19. The van der Waals surface area contributed by atoms with Gasteiger partial charge in [0.05, 0.1) is 19.8 Å². The SMILES string of the molecule is c1ccc(-c2ccc(OCCOCCOC(c3ccccc3)(c3ccccc3)c3ccccc3)cc2)cc1. The summed E-state index contributed by atoms with van der Waals surface area (Å²) in [4.78, 5) is 0. The van der Waals surface area contributed by atoms with Crippen molar-refractivity contribution in [3.8, 4) is 16.9 Å². The molecule has 0 aliphatic rings. The molecule has 0 saturated carbocycles. The molecule has 190 valence electrons. The molecule has 0 fully saturated rings. The van der Waals surface area contributed by atoms with Gasteiger partial charge in [-0.2, -0.15) is 0 Å². The van der Waals surface area contributed by atoms with Crippen molar-refractivity contribution in [1.29, 1.82) is 0 Å². The molecule has 0 spiro atoms. The number of rotatable bonds is 12. The average molecular weight is 501 g/mol. The molecular formula is C35H32O3. The normalized spacial score (nSPS) is 11.3. The van der Waals surface area contributed by atoms with Gasteiger partial charge in [-0.15, -0.1) is 0 Å². The molecular weight excluding hydrogens is 468 g/mol. The maximum absolute atomic E-state index is 6.74. The van der Waals surface area contributed by atoms with Gasteiger partial charge in [0.25, 0.3) is 0 Å². The first-order valence-electron chi connectivity index (χ1n) is 13.0. The molecule has 3 nitrogen and oxygen atoms in total. The standard InChI is InChI=1S/C35H32O3/c1-5-13-29(14-6-1)30-21-23-34(24-22-30)37-27-25-36-26-28-38-35(31-15-7-2-8-16-31,32-17-9-3-10-18-32)33-19-11-4-12-20-33/h1-24H,25-28H2. The molecule has 0 amide bonds. The highest BCUT2D eigenvalue weighted by Crippen LogP contribution is 2.40. The van der Waals surface area contributed by atoms with Crippen molar-refractivity contribution in [1.82, 2.24) is 0 Å². The van der Waals surface area contributed by atoms with Gasteiger partial charge in [-0.3, -0.25) is 0 Å². The predicted octanol–water partition coefficient (Wildman–Crippen LogP) is 7.76. The van der Waals surface area contributed by atoms with E-state index >= 15 is 0 Å². The molecule has 3 heteroatoms. The van der Waals surface area contributed by atoms with Gasteiger partial charge in [-0.1, -0.05) is 133 Å². The minimum absolute atomic E-state index is 0.435. The van der Waals surface area contributed by atoms with Gasteiger partial charge in [0, 0.05) is 0 Å². The van der Waals surface area contributed by atoms with E-state index in [1.807, 2.05) is 48.5 Å². The molecule has 0 saturated heterocycles. The molecule has 0 radical (unpaired) electrons. The lowest BCUT2D eigenvalue weighted by Crippen LogP contribution is -2.34. The van der Waals surface area contributed by atoms with Crippen molar-refractivity contribution in [3.05, 3.63) is 162 Å². The molecule has 5 aromatic rings. The second-order valence-corrected chi connectivity index (χ2v) is 8.98. The van der Waals surface area contributed by atoms with Gasteiger partial charge in [-0.25, -0.2) is 0 Å². The van der Waals surface area contributed by atoms with Crippen LogP contribution in [0.15, 0.2) is 146 Å². The van der Waals surface area contributed by atoms with E-state index in [0.717, 1.165) is 22.4 Å². The molecule has 0 N–H and O–H groups in total. The van der Waals surface area contributed by atoms with Crippen molar-refractivity contribution in [2.75, 3.05) is 26.4 Å². The fourth-order valence-electron chi connectivity index (χ4n) is 4.72. The van der Waals surface area contributed by atoms with Crippen LogP contribution < -0.4 is 4.74 Å². The van der Waals surface area contributed by atoms with Gasteiger partial charge in [0.15, 0.2) is 0 Å². The third kappa shape index (κ3) is 6.03. The molecule has 0 unspecified atom stereocenters. The Bertz CT molecular complexity index is 1260. The summed E-state index contributed by atoms with van der Waals surface area (Å²) in [7, 11) is 0. The summed E-state index contributed by atoms with van der Waals surface area (Å²) in [5, 5.41) is 0. The van der Waals surface area contributed by atoms with Crippen LogP contribution in [0.4, 0.5) is 0 Å². The molecule has 5 aromatic carbocycles. The van der Waals surface area contributed by atoms with E-state index in [1.165, 1.54) is 11.1 Å². The van der Waals surface area contributed by atoms with Crippen LogP contribution in [0.2, 0.25) is 0 Å². The maximum atomic E-state index is 6.74. The lowest BCUT2D eigenvalue weighted by molar-refractivity contribution is -0.0271. The van der Waals surface area contributed by atoms with Gasteiger partial charge in [0.1, 0.15) is 18.0 Å². The van der Waals surface area contributed by atoms with Crippen LogP contribution in [0.1, 0.15) is 16.7 Å². The first kappa shape index (κ1) is 25.5. The second kappa shape index (κ2) is 12.9. The quantitative estimate of drug-likeness (QED) is 0.129.